The monoisotopic (exact) mass is 423 g/mol. The summed E-state index contributed by atoms with van der Waals surface area (Å²) in [5.74, 6) is 0.461. The SMILES string of the molecule is CC(=O)OC[C@]12C3C4[C@H]5[C@H]4[C@@H](n4c(=O)n(-c6ccccc6)c(=O)n4[C@@H]51)[C@@]32COC(C)=O. The molecule has 1 aromatic heterocycles. The van der Waals surface area contributed by atoms with Crippen LogP contribution in [0.5, 0.6) is 0 Å². The van der Waals surface area contributed by atoms with Crippen molar-refractivity contribution in [2.24, 2.45) is 34.5 Å². The van der Waals surface area contributed by atoms with Gasteiger partial charge in [0.05, 0.1) is 17.8 Å². The lowest BCUT2D eigenvalue weighted by atomic mass is 9.72. The fourth-order valence-corrected chi connectivity index (χ4v) is 8.25. The maximum absolute atomic E-state index is 13.5. The number of esters is 2. The molecule has 6 aliphatic rings. The van der Waals surface area contributed by atoms with E-state index < -0.39 is 10.8 Å². The minimum Gasteiger partial charge on any atom is -0.465 e. The van der Waals surface area contributed by atoms with Crippen molar-refractivity contribution in [2.75, 3.05) is 13.2 Å². The lowest BCUT2D eigenvalue weighted by Gasteiger charge is -2.47. The van der Waals surface area contributed by atoms with Crippen molar-refractivity contribution < 1.29 is 19.1 Å². The van der Waals surface area contributed by atoms with Crippen LogP contribution in [0.15, 0.2) is 39.9 Å². The van der Waals surface area contributed by atoms with Crippen molar-refractivity contribution in [1.82, 2.24) is 13.9 Å². The molecule has 8 atom stereocenters. The second-order valence-corrected chi connectivity index (χ2v) is 9.67. The third-order valence-corrected chi connectivity index (χ3v) is 8.83. The predicted molar refractivity (Wildman–Crippen MR) is 104 cm³/mol. The number of hydrogen-bond donors (Lipinski definition) is 0. The zero-order chi connectivity index (χ0) is 21.4. The van der Waals surface area contributed by atoms with Crippen LogP contribution in [0.3, 0.4) is 0 Å². The Labute approximate surface area is 176 Å². The van der Waals surface area contributed by atoms with Crippen molar-refractivity contribution >= 4 is 11.9 Å². The van der Waals surface area contributed by atoms with Gasteiger partial charge >= 0.3 is 23.3 Å². The first kappa shape index (κ1) is 17.6. The average Bonchev–Trinajstić information content (AvgIpc) is 3.49. The molecular weight excluding hydrogens is 402 g/mol. The topological polar surface area (TPSA) is 102 Å². The predicted octanol–water partition coefficient (Wildman–Crippen LogP) is 0.515. The molecule has 4 saturated carbocycles. The number of nitrogens with zero attached hydrogens (tertiary/aromatic N) is 3. The third-order valence-electron chi connectivity index (χ3n) is 8.83. The summed E-state index contributed by atoms with van der Waals surface area (Å²) in [6.07, 6.45) is 0. The molecule has 31 heavy (non-hydrogen) atoms. The van der Waals surface area contributed by atoms with E-state index in [-0.39, 0.29) is 54.5 Å². The van der Waals surface area contributed by atoms with E-state index in [1.165, 1.54) is 18.4 Å². The van der Waals surface area contributed by atoms with Crippen LogP contribution in [-0.2, 0) is 19.1 Å². The van der Waals surface area contributed by atoms with Crippen LogP contribution < -0.4 is 11.4 Å². The normalized spacial score (nSPS) is 41.0. The molecule has 160 valence electrons. The van der Waals surface area contributed by atoms with Crippen LogP contribution in [-0.4, -0.2) is 39.1 Å². The van der Waals surface area contributed by atoms with Gasteiger partial charge in [0.25, 0.3) is 0 Å². The summed E-state index contributed by atoms with van der Waals surface area (Å²) >= 11 is 0. The summed E-state index contributed by atoms with van der Waals surface area (Å²) in [4.78, 5) is 50.4. The lowest BCUT2D eigenvalue weighted by Crippen LogP contribution is -2.55. The molecule has 2 bridgehead atoms. The van der Waals surface area contributed by atoms with Crippen molar-refractivity contribution in [2.45, 2.75) is 25.9 Å². The molecule has 3 heterocycles. The molecule has 9 nitrogen and oxygen atoms in total. The fourth-order valence-electron chi connectivity index (χ4n) is 8.25. The molecule has 0 saturated heterocycles. The van der Waals surface area contributed by atoms with Gasteiger partial charge in [-0.1, -0.05) is 18.2 Å². The number of para-hydroxylation sites is 1. The molecular formula is C22H21N3O6. The molecule has 2 aliphatic heterocycles. The van der Waals surface area contributed by atoms with Crippen molar-refractivity contribution in [1.29, 1.82) is 0 Å². The fraction of sp³-hybridized carbons (Fsp3) is 0.545. The van der Waals surface area contributed by atoms with E-state index in [0.29, 0.717) is 23.4 Å². The Morgan fingerprint density at radius 2 is 1.32 bits per heavy atom. The largest absolute Gasteiger partial charge is 0.465 e. The van der Waals surface area contributed by atoms with Crippen LogP contribution in [0.2, 0.25) is 0 Å². The van der Waals surface area contributed by atoms with Gasteiger partial charge < -0.3 is 9.47 Å². The minimum absolute atomic E-state index is 0.187. The Morgan fingerprint density at radius 3 is 1.77 bits per heavy atom. The highest BCUT2D eigenvalue weighted by Gasteiger charge is 3.04. The number of benzene rings is 1. The molecule has 0 N–H and O–H groups in total. The Morgan fingerprint density at radius 1 is 0.839 bits per heavy atom. The van der Waals surface area contributed by atoms with Crippen LogP contribution in [0.1, 0.15) is 25.9 Å². The van der Waals surface area contributed by atoms with Gasteiger partial charge in [-0.3, -0.25) is 9.59 Å². The summed E-state index contributed by atoms with van der Waals surface area (Å²) in [6.45, 7) is 3.12. The highest BCUT2D eigenvalue weighted by atomic mass is 16.5. The molecule has 8 rings (SSSR count). The lowest BCUT2D eigenvalue weighted by molar-refractivity contribution is -0.153. The summed E-state index contributed by atoms with van der Waals surface area (Å²) in [5, 5.41) is 0. The molecule has 9 heteroatoms. The molecule has 0 spiro atoms. The summed E-state index contributed by atoms with van der Waals surface area (Å²) in [7, 11) is 0. The van der Waals surface area contributed by atoms with Gasteiger partial charge in [0, 0.05) is 24.7 Å². The smallest absolute Gasteiger partial charge is 0.352 e. The van der Waals surface area contributed by atoms with E-state index in [9.17, 15) is 19.2 Å². The molecule has 2 aromatic rings. The van der Waals surface area contributed by atoms with Crippen molar-refractivity contribution in [3.05, 3.63) is 51.3 Å². The minimum atomic E-state index is -0.456. The second-order valence-electron chi connectivity index (χ2n) is 9.67. The Balaban J connectivity index is 1.44. The molecule has 4 fully saturated rings. The highest BCUT2D eigenvalue weighted by Crippen LogP contribution is 3.02. The van der Waals surface area contributed by atoms with Gasteiger partial charge in [0.1, 0.15) is 13.2 Å². The number of carbonyl (C=O) groups excluding carboxylic acids is 2. The van der Waals surface area contributed by atoms with Gasteiger partial charge in [0.2, 0.25) is 0 Å². The van der Waals surface area contributed by atoms with Gasteiger partial charge in [0.15, 0.2) is 0 Å². The Hall–Kier alpha value is -3.10. The first-order valence-electron chi connectivity index (χ1n) is 10.7. The second kappa shape index (κ2) is 5.03. The number of carbonyl (C=O) groups is 2. The van der Waals surface area contributed by atoms with Crippen molar-refractivity contribution in [3.8, 4) is 5.69 Å². The van der Waals surface area contributed by atoms with Gasteiger partial charge in [-0.15, -0.1) is 0 Å². The maximum Gasteiger partial charge on any atom is 0.352 e. The summed E-state index contributed by atoms with van der Waals surface area (Å²) in [5.41, 5.74) is -1.09. The zero-order valence-corrected chi connectivity index (χ0v) is 17.1. The third kappa shape index (κ3) is 1.61. The maximum atomic E-state index is 13.5. The number of rotatable bonds is 5. The van der Waals surface area contributed by atoms with Crippen LogP contribution in [0.25, 0.3) is 5.69 Å². The quantitative estimate of drug-likeness (QED) is 0.650. The first-order valence-corrected chi connectivity index (χ1v) is 10.7. The van der Waals surface area contributed by atoms with Gasteiger partial charge in [-0.25, -0.2) is 23.5 Å². The zero-order valence-electron chi connectivity index (χ0n) is 17.1. The summed E-state index contributed by atoms with van der Waals surface area (Å²) < 4.78 is 15.5. The van der Waals surface area contributed by atoms with Crippen molar-refractivity contribution in [3.63, 3.8) is 0 Å². The van der Waals surface area contributed by atoms with Crippen LogP contribution >= 0.6 is 0 Å². The Bertz CT molecular complexity index is 1230. The van der Waals surface area contributed by atoms with Gasteiger partial charge in [-0.05, 0) is 35.8 Å². The molecule has 0 amide bonds. The number of hydrogen-bond acceptors (Lipinski definition) is 6. The van der Waals surface area contributed by atoms with E-state index in [4.69, 9.17) is 9.47 Å². The van der Waals surface area contributed by atoms with E-state index in [1.807, 2.05) is 6.07 Å². The summed E-state index contributed by atoms with van der Waals surface area (Å²) in [6, 6.07) is 8.46. The molecule has 1 aromatic carbocycles. The van der Waals surface area contributed by atoms with E-state index >= 15 is 0 Å². The molecule has 0 radical (unpaired) electrons. The molecule has 2 unspecified atom stereocenters. The van der Waals surface area contributed by atoms with E-state index in [0.717, 1.165) is 0 Å². The van der Waals surface area contributed by atoms with E-state index in [2.05, 4.69) is 0 Å². The van der Waals surface area contributed by atoms with Crippen LogP contribution in [0, 0.1) is 34.5 Å². The highest BCUT2D eigenvalue weighted by molar-refractivity contribution is 5.67. The number of ether oxygens (including phenoxy) is 2. The van der Waals surface area contributed by atoms with Gasteiger partial charge in [-0.2, -0.15) is 0 Å². The Kier molecular flexibility index (Phi) is 2.85. The van der Waals surface area contributed by atoms with E-state index in [1.54, 1.807) is 33.6 Å². The van der Waals surface area contributed by atoms with Crippen LogP contribution in [0.4, 0.5) is 0 Å². The molecule has 4 aliphatic carbocycles. The standard InChI is InChI=1S/C22H21N3O6/c1-10(26)30-8-21-16-13-14-15(13)18(22(16,21)9-31-11(2)27)25-20(29)23(12-6-4-3-5-7-12)19(28)24(25)17(14)21/h3-7,13-18H,8-9H2,1-2H3/t13?,14-,15-,16?,17-,18+,21-,22+/m0/s1. The number of aromatic nitrogens is 3. The first-order chi connectivity index (χ1) is 14.9. The average molecular weight is 423 g/mol.